The van der Waals surface area contributed by atoms with Crippen LogP contribution in [0.4, 0.5) is 0 Å². The van der Waals surface area contributed by atoms with Crippen LogP contribution in [0.2, 0.25) is 5.02 Å². The van der Waals surface area contributed by atoms with Gasteiger partial charge in [0.2, 0.25) is 5.55 Å². The van der Waals surface area contributed by atoms with Crippen molar-refractivity contribution >= 4 is 34.4 Å². The highest BCUT2D eigenvalue weighted by molar-refractivity contribution is 6.30. The van der Waals surface area contributed by atoms with Crippen LogP contribution in [0.15, 0.2) is 58.0 Å². The van der Waals surface area contributed by atoms with Crippen LogP contribution in [-0.2, 0) is 0 Å². The van der Waals surface area contributed by atoms with Gasteiger partial charge in [0.15, 0.2) is 11.3 Å². The number of carbonyl (C=O) groups is 2. The molecule has 0 aliphatic heterocycles. The van der Waals surface area contributed by atoms with Crippen LogP contribution in [-0.4, -0.2) is 18.9 Å². The summed E-state index contributed by atoms with van der Waals surface area (Å²) < 4.78 is 10.9. The minimum absolute atomic E-state index is 0.0251. The number of methoxy groups -OCH3 is 1. The first-order chi connectivity index (χ1) is 12.5. The highest BCUT2D eigenvalue weighted by Crippen LogP contribution is 2.24. The van der Waals surface area contributed by atoms with E-state index in [0.29, 0.717) is 27.3 Å². The summed E-state index contributed by atoms with van der Waals surface area (Å²) in [6, 6.07) is 13.1. The number of benzene rings is 2. The fourth-order valence-corrected chi connectivity index (χ4v) is 2.53. The van der Waals surface area contributed by atoms with E-state index in [0.717, 1.165) is 0 Å². The Labute approximate surface area is 153 Å². The molecule has 1 aromatic heterocycles. The van der Waals surface area contributed by atoms with Crippen LogP contribution < -0.4 is 21.5 Å². The average Bonchev–Trinajstić information content (AvgIpc) is 2.64. The van der Waals surface area contributed by atoms with Gasteiger partial charge in [0.05, 0.1) is 7.11 Å². The second-order valence-electron chi connectivity index (χ2n) is 5.27. The lowest BCUT2D eigenvalue weighted by molar-refractivity contribution is 0.0946. The fraction of sp³-hybridized carbons (Fsp3) is 0.0556. The summed E-state index contributed by atoms with van der Waals surface area (Å²) >= 11 is 5.87. The largest absolute Gasteiger partial charge is 0.493 e. The van der Waals surface area contributed by atoms with Gasteiger partial charge in [-0.15, -0.1) is 5.10 Å². The Morgan fingerprint density at radius 1 is 1.19 bits per heavy atom. The number of primary amides is 1. The van der Waals surface area contributed by atoms with Gasteiger partial charge in [0, 0.05) is 16.0 Å². The van der Waals surface area contributed by atoms with E-state index in [1.165, 1.54) is 19.2 Å². The lowest BCUT2D eigenvalue weighted by atomic mass is 10.1. The first-order valence-corrected chi connectivity index (χ1v) is 7.87. The van der Waals surface area contributed by atoms with Crippen LogP contribution in [0.3, 0.4) is 0 Å². The molecule has 2 amide bonds. The van der Waals surface area contributed by atoms with Gasteiger partial charge in [-0.3, -0.25) is 9.59 Å². The number of nitrogens with two attached hydrogens (primary N) is 1. The van der Waals surface area contributed by atoms with Crippen molar-refractivity contribution in [3.05, 3.63) is 70.2 Å². The Balaban J connectivity index is 2.07. The molecule has 7 nitrogen and oxygen atoms in total. The fourth-order valence-electron chi connectivity index (χ4n) is 2.34. The first kappa shape index (κ1) is 17.5. The number of hydrogen-bond donors (Lipinski definition) is 2. The number of halogens is 1. The lowest BCUT2D eigenvalue weighted by Crippen LogP contribution is -2.27. The van der Waals surface area contributed by atoms with Crippen molar-refractivity contribution < 1.29 is 18.7 Å². The summed E-state index contributed by atoms with van der Waals surface area (Å²) in [4.78, 5) is 23.9. The highest BCUT2D eigenvalue weighted by atomic mass is 35.5. The third kappa shape index (κ3) is 3.52. The zero-order valence-electron chi connectivity index (χ0n) is 13.7. The molecular weight excluding hydrogens is 358 g/mol. The molecule has 0 aliphatic carbocycles. The first-order valence-electron chi connectivity index (χ1n) is 7.50. The summed E-state index contributed by atoms with van der Waals surface area (Å²) in [5.41, 5.74) is 8.29. The number of para-hydroxylation sites is 1. The molecule has 2 aromatic carbocycles. The van der Waals surface area contributed by atoms with Crippen LogP contribution in [0, 0.1) is 0 Å². The molecule has 0 bridgehead atoms. The molecule has 3 N–H and O–H groups in total. The molecule has 0 saturated heterocycles. The molecule has 3 rings (SSSR count). The number of carbonyl (C=O) groups excluding carboxylic acids is 2. The van der Waals surface area contributed by atoms with Crippen LogP contribution in [0.1, 0.15) is 20.7 Å². The second kappa shape index (κ2) is 7.28. The van der Waals surface area contributed by atoms with Crippen LogP contribution in [0.5, 0.6) is 5.75 Å². The van der Waals surface area contributed by atoms with Crippen molar-refractivity contribution in [2.45, 2.75) is 0 Å². The molecule has 0 saturated carbocycles. The van der Waals surface area contributed by atoms with E-state index < -0.39 is 11.8 Å². The van der Waals surface area contributed by atoms with Gasteiger partial charge in [-0.25, -0.2) is 5.43 Å². The van der Waals surface area contributed by atoms with Crippen molar-refractivity contribution in [2.24, 2.45) is 10.8 Å². The van der Waals surface area contributed by atoms with Gasteiger partial charge in [-0.2, -0.15) is 0 Å². The summed E-state index contributed by atoms with van der Waals surface area (Å²) in [7, 11) is 1.49. The quantitative estimate of drug-likeness (QED) is 0.687. The molecule has 8 heteroatoms. The van der Waals surface area contributed by atoms with E-state index in [1.54, 1.807) is 36.4 Å². The van der Waals surface area contributed by atoms with Crippen molar-refractivity contribution in [3.8, 4) is 5.75 Å². The normalized spacial score (nSPS) is 11.4. The molecule has 132 valence electrons. The zero-order valence-corrected chi connectivity index (χ0v) is 14.4. The number of nitrogens with one attached hydrogen (secondary N) is 1. The van der Waals surface area contributed by atoms with E-state index in [4.69, 9.17) is 26.5 Å². The maximum atomic E-state index is 12.2. The van der Waals surface area contributed by atoms with E-state index >= 15 is 0 Å². The predicted molar refractivity (Wildman–Crippen MR) is 95.8 cm³/mol. The predicted octanol–water partition coefficient (Wildman–Crippen LogP) is 2.44. The Hall–Kier alpha value is -3.32. The molecule has 0 radical (unpaired) electrons. The molecule has 1 heterocycles. The topological polar surface area (TPSA) is 107 Å². The highest BCUT2D eigenvalue weighted by Gasteiger charge is 2.13. The second-order valence-corrected chi connectivity index (χ2v) is 5.71. The molecule has 3 aromatic rings. The van der Waals surface area contributed by atoms with E-state index in [1.807, 2.05) is 0 Å². The molecule has 0 atom stereocenters. The minimum Gasteiger partial charge on any atom is -0.493 e. The Morgan fingerprint density at radius 3 is 2.65 bits per heavy atom. The average molecular weight is 372 g/mol. The summed E-state index contributed by atoms with van der Waals surface area (Å²) in [6.45, 7) is 0. The van der Waals surface area contributed by atoms with Crippen molar-refractivity contribution in [3.63, 3.8) is 0 Å². The van der Waals surface area contributed by atoms with Crippen LogP contribution in [0.25, 0.3) is 11.0 Å². The zero-order chi connectivity index (χ0) is 18.7. The maximum absolute atomic E-state index is 12.2. The van der Waals surface area contributed by atoms with E-state index in [9.17, 15) is 9.59 Å². The van der Waals surface area contributed by atoms with Gasteiger partial charge in [0.1, 0.15) is 5.56 Å². The number of nitrogens with zero attached hydrogens (tertiary/aromatic N) is 1. The smallest absolute Gasteiger partial charge is 0.271 e. The number of ether oxygens (including phenoxy) is 1. The number of amides is 2. The number of rotatable bonds is 4. The lowest BCUT2D eigenvalue weighted by Gasteiger charge is -2.06. The summed E-state index contributed by atoms with van der Waals surface area (Å²) in [5, 5.41) is 4.92. The molecule has 26 heavy (non-hydrogen) atoms. The van der Waals surface area contributed by atoms with Gasteiger partial charge in [0.25, 0.3) is 11.8 Å². The third-order valence-corrected chi connectivity index (χ3v) is 3.80. The number of hydrogen-bond acceptors (Lipinski definition) is 5. The SMILES string of the molecule is COc1cccc2cc(C(N)=O)c(=NNC(=O)c3cccc(Cl)c3)oc12. The van der Waals surface area contributed by atoms with Gasteiger partial charge < -0.3 is 14.9 Å². The van der Waals surface area contributed by atoms with Crippen molar-refractivity contribution in [1.82, 2.24) is 5.43 Å². The van der Waals surface area contributed by atoms with E-state index in [-0.39, 0.29) is 11.1 Å². The Bertz CT molecular complexity index is 1080. The minimum atomic E-state index is -0.741. The third-order valence-electron chi connectivity index (χ3n) is 3.57. The van der Waals surface area contributed by atoms with Crippen LogP contribution >= 0.6 is 11.6 Å². The molecule has 0 fully saturated rings. The maximum Gasteiger partial charge on any atom is 0.271 e. The summed E-state index contributed by atoms with van der Waals surface area (Å²) in [5.74, 6) is -0.802. The molecule has 0 spiro atoms. The van der Waals surface area contributed by atoms with Gasteiger partial charge >= 0.3 is 0 Å². The standard InChI is InChI=1S/C18H14ClN3O4/c1-25-14-7-3-4-10-9-13(16(20)23)18(26-15(10)14)22-21-17(24)11-5-2-6-12(19)8-11/h2-9H,1H3,(H2,20,23)(H,21,24). The summed E-state index contributed by atoms with van der Waals surface area (Å²) in [6.07, 6.45) is 0. The molecule has 0 unspecified atom stereocenters. The van der Waals surface area contributed by atoms with Gasteiger partial charge in [-0.1, -0.05) is 29.8 Å². The van der Waals surface area contributed by atoms with Crippen molar-refractivity contribution in [1.29, 1.82) is 0 Å². The molecular formula is C18H14ClN3O4. The number of fused-ring (bicyclic) bond motifs is 1. The Kier molecular flexibility index (Phi) is 4.90. The van der Waals surface area contributed by atoms with Crippen molar-refractivity contribution in [2.75, 3.05) is 7.11 Å². The Morgan fingerprint density at radius 2 is 1.96 bits per heavy atom. The monoisotopic (exact) mass is 371 g/mol. The van der Waals surface area contributed by atoms with E-state index in [2.05, 4.69) is 10.5 Å². The van der Waals surface area contributed by atoms with Gasteiger partial charge in [-0.05, 0) is 30.3 Å². The molecule has 0 aliphatic rings.